The third-order valence-corrected chi connectivity index (χ3v) is 2.72. The van der Waals surface area contributed by atoms with Gasteiger partial charge in [-0.15, -0.1) is 0 Å². The minimum Gasteiger partial charge on any atom is -0.310 e. The van der Waals surface area contributed by atoms with E-state index < -0.39 is 0 Å². The lowest BCUT2D eigenvalue weighted by molar-refractivity contribution is 0.496. The van der Waals surface area contributed by atoms with Crippen molar-refractivity contribution in [1.82, 2.24) is 5.32 Å². The molecule has 1 aromatic rings. The third-order valence-electron chi connectivity index (χ3n) is 2.72. The summed E-state index contributed by atoms with van der Waals surface area (Å²) in [5.74, 6) is 0.711. The second-order valence-electron chi connectivity index (χ2n) is 4.62. The molecule has 0 unspecified atom stereocenters. The predicted octanol–water partition coefficient (Wildman–Crippen LogP) is 3.56. The highest BCUT2D eigenvalue weighted by atomic mass is 14.9. The Bertz CT molecular complexity index is 274. The first-order valence-electron chi connectivity index (χ1n) is 5.95. The maximum absolute atomic E-state index is 3.54. The van der Waals surface area contributed by atoms with E-state index in [-0.39, 0.29) is 0 Å². The van der Waals surface area contributed by atoms with Crippen molar-refractivity contribution < 1.29 is 0 Å². The molecule has 0 saturated carbocycles. The van der Waals surface area contributed by atoms with E-state index >= 15 is 0 Å². The van der Waals surface area contributed by atoms with Crippen LogP contribution in [0.4, 0.5) is 0 Å². The van der Waals surface area contributed by atoms with Crippen molar-refractivity contribution in [3.8, 4) is 0 Å². The van der Waals surface area contributed by atoms with Crippen molar-refractivity contribution >= 4 is 0 Å². The van der Waals surface area contributed by atoms with Crippen molar-refractivity contribution in [2.24, 2.45) is 5.92 Å². The SMILES string of the molecule is CCc1ccc([C@H](C)NCC(C)C)cc1. The number of hydrogen-bond donors (Lipinski definition) is 1. The Labute approximate surface area is 93.9 Å². The van der Waals surface area contributed by atoms with Crippen LogP contribution in [0.1, 0.15) is 44.9 Å². The zero-order valence-electron chi connectivity index (χ0n) is 10.4. The Morgan fingerprint density at radius 1 is 1.07 bits per heavy atom. The summed E-state index contributed by atoms with van der Waals surface area (Å²) in [7, 11) is 0. The van der Waals surface area contributed by atoms with Gasteiger partial charge in [0.2, 0.25) is 0 Å². The fraction of sp³-hybridized carbons (Fsp3) is 0.571. The summed E-state index contributed by atoms with van der Waals surface area (Å²) in [5, 5.41) is 3.54. The Morgan fingerprint density at radius 2 is 1.67 bits per heavy atom. The average molecular weight is 205 g/mol. The van der Waals surface area contributed by atoms with Gasteiger partial charge in [0.05, 0.1) is 0 Å². The minimum atomic E-state index is 0.457. The van der Waals surface area contributed by atoms with Crippen LogP contribution >= 0.6 is 0 Å². The van der Waals surface area contributed by atoms with E-state index in [1.54, 1.807) is 0 Å². The van der Waals surface area contributed by atoms with Gasteiger partial charge in [-0.05, 0) is 36.9 Å². The summed E-state index contributed by atoms with van der Waals surface area (Å²) >= 11 is 0. The highest BCUT2D eigenvalue weighted by Gasteiger charge is 2.04. The topological polar surface area (TPSA) is 12.0 Å². The highest BCUT2D eigenvalue weighted by Crippen LogP contribution is 2.13. The van der Waals surface area contributed by atoms with Crippen LogP contribution in [0.25, 0.3) is 0 Å². The van der Waals surface area contributed by atoms with Gasteiger partial charge in [0.1, 0.15) is 0 Å². The molecule has 0 heterocycles. The van der Waals surface area contributed by atoms with E-state index in [4.69, 9.17) is 0 Å². The number of hydrogen-bond acceptors (Lipinski definition) is 1. The molecule has 15 heavy (non-hydrogen) atoms. The first-order valence-corrected chi connectivity index (χ1v) is 5.95. The smallest absolute Gasteiger partial charge is 0.0291 e. The van der Waals surface area contributed by atoms with Gasteiger partial charge in [0.15, 0.2) is 0 Å². The van der Waals surface area contributed by atoms with Gasteiger partial charge in [-0.1, -0.05) is 45.0 Å². The Balaban J connectivity index is 2.54. The summed E-state index contributed by atoms with van der Waals surface area (Å²) in [4.78, 5) is 0. The Kier molecular flexibility index (Phi) is 4.83. The fourth-order valence-corrected chi connectivity index (χ4v) is 1.57. The van der Waals surface area contributed by atoms with Crippen LogP contribution in [0.2, 0.25) is 0 Å². The van der Waals surface area contributed by atoms with E-state index in [1.807, 2.05) is 0 Å². The number of nitrogens with one attached hydrogen (secondary N) is 1. The summed E-state index contributed by atoms with van der Waals surface area (Å²) in [6.07, 6.45) is 1.12. The summed E-state index contributed by atoms with van der Waals surface area (Å²) < 4.78 is 0. The largest absolute Gasteiger partial charge is 0.310 e. The summed E-state index contributed by atoms with van der Waals surface area (Å²) in [5.41, 5.74) is 2.79. The number of benzene rings is 1. The van der Waals surface area contributed by atoms with Crippen molar-refractivity contribution in [2.75, 3.05) is 6.54 Å². The summed E-state index contributed by atoms with van der Waals surface area (Å²) in [6.45, 7) is 9.97. The van der Waals surface area contributed by atoms with Crippen LogP contribution in [0, 0.1) is 5.92 Å². The molecule has 1 heteroatoms. The molecule has 1 N–H and O–H groups in total. The molecule has 0 saturated heterocycles. The lowest BCUT2D eigenvalue weighted by atomic mass is 10.0. The van der Waals surface area contributed by atoms with Crippen LogP contribution in [-0.4, -0.2) is 6.54 Å². The number of rotatable bonds is 5. The molecule has 0 spiro atoms. The molecule has 0 amide bonds. The molecule has 0 aliphatic carbocycles. The van der Waals surface area contributed by atoms with Gasteiger partial charge in [-0.3, -0.25) is 0 Å². The van der Waals surface area contributed by atoms with E-state index in [2.05, 4.69) is 57.3 Å². The van der Waals surface area contributed by atoms with Gasteiger partial charge >= 0.3 is 0 Å². The van der Waals surface area contributed by atoms with Crippen LogP contribution in [0.3, 0.4) is 0 Å². The Hall–Kier alpha value is -0.820. The van der Waals surface area contributed by atoms with Crippen LogP contribution in [0.15, 0.2) is 24.3 Å². The number of aryl methyl sites for hydroxylation is 1. The molecule has 1 atom stereocenters. The van der Waals surface area contributed by atoms with Crippen molar-refractivity contribution in [3.63, 3.8) is 0 Å². The van der Waals surface area contributed by atoms with Crippen molar-refractivity contribution in [3.05, 3.63) is 35.4 Å². The van der Waals surface area contributed by atoms with Crippen molar-refractivity contribution in [1.29, 1.82) is 0 Å². The molecule has 0 aliphatic heterocycles. The van der Waals surface area contributed by atoms with Crippen molar-refractivity contribution in [2.45, 2.75) is 40.2 Å². The molecule has 0 radical (unpaired) electrons. The molecule has 0 aromatic heterocycles. The average Bonchev–Trinajstić information content (AvgIpc) is 2.26. The normalized spacial score (nSPS) is 13.1. The fourth-order valence-electron chi connectivity index (χ4n) is 1.57. The highest BCUT2D eigenvalue weighted by molar-refractivity contribution is 5.24. The van der Waals surface area contributed by atoms with Gasteiger partial charge in [-0.2, -0.15) is 0 Å². The maximum atomic E-state index is 3.54. The molecule has 1 aromatic carbocycles. The second-order valence-corrected chi connectivity index (χ2v) is 4.62. The first-order chi connectivity index (χ1) is 7.13. The van der Waals surface area contributed by atoms with Crippen LogP contribution in [0.5, 0.6) is 0 Å². The van der Waals surface area contributed by atoms with E-state index in [0.717, 1.165) is 13.0 Å². The zero-order valence-corrected chi connectivity index (χ0v) is 10.4. The van der Waals surface area contributed by atoms with Gasteiger partial charge in [-0.25, -0.2) is 0 Å². The molecular formula is C14H23N. The molecule has 0 aliphatic rings. The van der Waals surface area contributed by atoms with Gasteiger partial charge < -0.3 is 5.32 Å². The van der Waals surface area contributed by atoms with Gasteiger partial charge in [0, 0.05) is 6.04 Å². The van der Waals surface area contributed by atoms with Gasteiger partial charge in [0.25, 0.3) is 0 Å². The van der Waals surface area contributed by atoms with E-state index in [0.29, 0.717) is 12.0 Å². The molecule has 84 valence electrons. The van der Waals surface area contributed by atoms with E-state index in [1.165, 1.54) is 11.1 Å². The predicted molar refractivity (Wildman–Crippen MR) is 67.1 cm³/mol. The molecular weight excluding hydrogens is 182 g/mol. The molecule has 1 nitrogen and oxygen atoms in total. The van der Waals surface area contributed by atoms with Crippen LogP contribution < -0.4 is 5.32 Å². The second kappa shape index (κ2) is 5.92. The molecule has 0 fully saturated rings. The monoisotopic (exact) mass is 205 g/mol. The third kappa shape index (κ3) is 4.05. The molecule has 1 rings (SSSR count). The minimum absolute atomic E-state index is 0.457. The first kappa shape index (κ1) is 12.3. The maximum Gasteiger partial charge on any atom is 0.0291 e. The standard InChI is InChI=1S/C14H23N/c1-5-13-6-8-14(9-7-13)12(4)15-10-11(2)3/h6-9,11-12,15H,5,10H2,1-4H3/t12-/m0/s1. The van der Waals surface area contributed by atoms with Crippen LogP contribution in [-0.2, 0) is 6.42 Å². The lowest BCUT2D eigenvalue weighted by Crippen LogP contribution is -2.23. The lowest BCUT2D eigenvalue weighted by Gasteiger charge is -2.16. The zero-order chi connectivity index (χ0) is 11.3. The van der Waals surface area contributed by atoms with E-state index in [9.17, 15) is 0 Å². The Morgan fingerprint density at radius 3 is 2.13 bits per heavy atom. The molecule has 0 bridgehead atoms. The summed E-state index contributed by atoms with van der Waals surface area (Å²) in [6, 6.07) is 9.37. The quantitative estimate of drug-likeness (QED) is 0.775.